The van der Waals surface area contributed by atoms with Crippen molar-refractivity contribution in [3.05, 3.63) is 72.9 Å². The summed E-state index contributed by atoms with van der Waals surface area (Å²) in [5, 5.41) is 0. The molecule has 0 aliphatic carbocycles. The fourth-order valence-electron chi connectivity index (χ4n) is 6.39. The van der Waals surface area contributed by atoms with Crippen LogP contribution in [0.5, 0.6) is 0 Å². The number of esters is 2. The van der Waals surface area contributed by atoms with Crippen molar-refractivity contribution < 1.29 is 42.1 Å². The summed E-state index contributed by atoms with van der Waals surface area (Å²) >= 11 is 0. The van der Waals surface area contributed by atoms with E-state index in [1.165, 1.54) is 83.5 Å². The van der Waals surface area contributed by atoms with Crippen LogP contribution in [0, 0.1) is 0 Å². The van der Waals surface area contributed by atoms with Crippen molar-refractivity contribution in [2.24, 2.45) is 0 Å². The zero-order valence-corrected chi connectivity index (χ0v) is 41.2. The lowest BCUT2D eigenvalue weighted by Gasteiger charge is -2.24. The summed E-state index contributed by atoms with van der Waals surface area (Å²) in [6.45, 7) is 4.27. The fraction of sp³-hybridized carbons (Fsp3) is 0.731. The van der Waals surface area contributed by atoms with Gasteiger partial charge in [-0.15, -0.1) is 0 Å². The minimum atomic E-state index is -4.39. The van der Waals surface area contributed by atoms with Crippen LogP contribution in [0.15, 0.2) is 72.9 Å². The third kappa shape index (κ3) is 46.9. The van der Waals surface area contributed by atoms with Gasteiger partial charge in [0, 0.05) is 12.8 Å². The number of ether oxygens (including phenoxy) is 2. The predicted octanol–water partition coefficient (Wildman–Crippen LogP) is 14.6. The van der Waals surface area contributed by atoms with E-state index in [9.17, 15) is 19.0 Å². The lowest BCUT2D eigenvalue weighted by Crippen LogP contribution is -2.37. The number of likely N-dealkylation sites (N-methyl/N-ethyl adjacent to an activating group) is 1. The molecule has 0 aromatic carbocycles. The van der Waals surface area contributed by atoms with E-state index < -0.39 is 32.5 Å². The maximum absolute atomic E-state index is 12.7. The summed E-state index contributed by atoms with van der Waals surface area (Å²) in [5.41, 5.74) is 0. The highest BCUT2D eigenvalue weighted by Gasteiger charge is 2.27. The Bertz CT molecular complexity index is 1280. The molecule has 358 valence electrons. The SMILES string of the molecule is CC/C=C\C/C=C\C/C=C\C/C=C\C/C=C\CCCCCC(=O)OC[C@H](COP(=O)(O)OCC[N+](C)(C)C)OC(=O)CCCCCCCCCCC/C=C\CCCCCCCC. The van der Waals surface area contributed by atoms with Gasteiger partial charge >= 0.3 is 19.8 Å². The Morgan fingerprint density at radius 2 is 0.919 bits per heavy atom. The molecule has 1 N–H and O–H groups in total. The number of carbonyl (C=O) groups is 2. The molecule has 0 spiro atoms. The molecule has 0 heterocycles. The van der Waals surface area contributed by atoms with Gasteiger partial charge in [-0.25, -0.2) is 4.57 Å². The van der Waals surface area contributed by atoms with Crippen LogP contribution in [-0.2, 0) is 32.7 Å². The molecule has 2 atom stereocenters. The summed E-state index contributed by atoms with van der Waals surface area (Å²) in [4.78, 5) is 35.5. The summed E-state index contributed by atoms with van der Waals surface area (Å²) in [6.07, 6.45) is 55.2. The number of phosphoric acid groups is 1. The van der Waals surface area contributed by atoms with Gasteiger partial charge < -0.3 is 18.9 Å². The van der Waals surface area contributed by atoms with Gasteiger partial charge in [0.15, 0.2) is 6.10 Å². The van der Waals surface area contributed by atoms with Crippen molar-refractivity contribution in [1.29, 1.82) is 0 Å². The monoisotopic (exact) mass is 891 g/mol. The smallest absolute Gasteiger partial charge is 0.462 e. The standard InChI is InChI=1S/C52H92NO8P/c1-6-8-10-12-14-16-18-20-22-24-26-28-30-32-34-36-38-40-42-44-51(54)58-48-50(49-60-62(56,57)59-47-46-53(3,4)5)61-52(55)45-43-41-39-37-35-33-31-29-27-25-23-21-19-17-15-13-11-9-7-2/h8,10,14,16,20-23,26,28,32,34,50H,6-7,9,11-13,15,17-19,24-25,27,29-31,33,35-49H2,1-5H3/p+1/b10-8-,16-14-,22-20-,23-21-,28-26-,34-32-/t50-/m1/s1. The van der Waals surface area contributed by atoms with Crippen LogP contribution in [0.1, 0.15) is 194 Å². The number of allylic oxidation sites excluding steroid dienone is 12. The van der Waals surface area contributed by atoms with Gasteiger partial charge in [0.2, 0.25) is 0 Å². The second-order valence-corrected chi connectivity index (χ2v) is 18.9. The summed E-state index contributed by atoms with van der Waals surface area (Å²) in [5.74, 6) is -0.840. The molecular weight excluding hydrogens is 798 g/mol. The number of hydrogen-bond donors (Lipinski definition) is 1. The summed E-state index contributed by atoms with van der Waals surface area (Å²) < 4.78 is 34.4. The number of quaternary nitrogens is 1. The molecule has 0 bridgehead atoms. The molecule has 0 amide bonds. The second kappa shape index (κ2) is 43.7. The number of unbranched alkanes of at least 4 members (excludes halogenated alkanes) is 18. The summed E-state index contributed by atoms with van der Waals surface area (Å²) in [7, 11) is 1.45. The first-order chi connectivity index (χ1) is 30.0. The molecule has 0 saturated carbocycles. The Morgan fingerprint density at radius 3 is 1.40 bits per heavy atom. The van der Waals surface area contributed by atoms with E-state index in [-0.39, 0.29) is 26.1 Å². The molecular formula is C52H93NO8P+. The lowest BCUT2D eigenvalue weighted by atomic mass is 10.1. The Kier molecular flexibility index (Phi) is 41.9. The maximum Gasteiger partial charge on any atom is 0.472 e. The molecule has 1 unspecified atom stereocenters. The number of rotatable bonds is 44. The Balaban J connectivity index is 4.36. The first-order valence-electron chi connectivity index (χ1n) is 24.7. The van der Waals surface area contributed by atoms with E-state index in [4.69, 9.17) is 18.5 Å². The average molecular weight is 891 g/mol. The minimum absolute atomic E-state index is 0.0226. The van der Waals surface area contributed by atoms with Crippen molar-refractivity contribution in [1.82, 2.24) is 0 Å². The molecule has 0 aliphatic rings. The third-order valence-corrected chi connectivity index (χ3v) is 11.2. The first kappa shape index (κ1) is 59.5. The maximum atomic E-state index is 12.7. The van der Waals surface area contributed by atoms with Gasteiger partial charge in [-0.05, 0) is 83.5 Å². The van der Waals surface area contributed by atoms with E-state index in [0.717, 1.165) is 70.6 Å². The van der Waals surface area contributed by atoms with Crippen LogP contribution in [0.2, 0.25) is 0 Å². The topological polar surface area (TPSA) is 108 Å². The van der Waals surface area contributed by atoms with Crippen LogP contribution < -0.4 is 0 Å². The number of carbonyl (C=O) groups excluding carboxylic acids is 2. The molecule has 0 saturated heterocycles. The molecule has 62 heavy (non-hydrogen) atoms. The van der Waals surface area contributed by atoms with E-state index in [1.807, 2.05) is 21.1 Å². The Morgan fingerprint density at radius 1 is 0.516 bits per heavy atom. The van der Waals surface area contributed by atoms with E-state index in [2.05, 4.69) is 86.8 Å². The molecule has 0 rings (SSSR count). The molecule has 0 radical (unpaired) electrons. The van der Waals surface area contributed by atoms with Crippen molar-refractivity contribution in [3.63, 3.8) is 0 Å². The van der Waals surface area contributed by atoms with E-state index >= 15 is 0 Å². The highest BCUT2D eigenvalue weighted by atomic mass is 31.2. The largest absolute Gasteiger partial charge is 0.472 e. The minimum Gasteiger partial charge on any atom is -0.462 e. The van der Waals surface area contributed by atoms with Crippen LogP contribution >= 0.6 is 7.82 Å². The van der Waals surface area contributed by atoms with Crippen LogP contribution in [0.25, 0.3) is 0 Å². The van der Waals surface area contributed by atoms with Crippen molar-refractivity contribution >= 4 is 19.8 Å². The molecule has 0 aliphatic heterocycles. The Labute approximate surface area is 380 Å². The van der Waals surface area contributed by atoms with E-state index in [0.29, 0.717) is 23.9 Å². The van der Waals surface area contributed by atoms with Gasteiger partial charge in [-0.3, -0.25) is 18.6 Å². The lowest BCUT2D eigenvalue weighted by molar-refractivity contribution is -0.870. The highest BCUT2D eigenvalue weighted by molar-refractivity contribution is 7.47. The molecule has 0 aromatic rings. The highest BCUT2D eigenvalue weighted by Crippen LogP contribution is 2.43. The molecule has 10 heteroatoms. The first-order valence-corrected chi connectivity index (χ1v) is 26.2. The fourth-order valence-corrected chi connectivity index (χ4v) is 7.13. The summed E-state index contributed by atoms with van der Waals surface area (Å²) in [6, 6.07) is 0. The van der Waals surface area contributed by atoms with Gasteiger partial charge in [-0.2, -0.15) is 0 Å². The van der Waals surface area contributed by atoms with Crippen LogP contribution in [0.3, 0.4) is 0 Å². The zero-order chi connectivity index (χ0) is 45.7. The van der Waals surface area contributed by atoms with Crippen molar-refractivity contribution in [2.45, 2.75) is 200 Å². The second-order valence-electron chi connectivity index (χ2n) is 17.5. The van der Waals surface area contributed by atoms with Gasteiger partial charge in [0.25, 0.3) is 0 Å². The van der Waals surface area contributed by atoms with Gasteiger partial charge in [0.05, 0.1) is 27.7 Å². The molecule has 0 fully saturated rings. The van der Waals surface area contributed by atoms with Crippen molar-refractivity contribution in [3.8, 4) is 0 Å². The van der Waals surface area contributed by atoms with E-state index in [1.54, 1.807) is 0 Å². The number of phosphoric ester groups is 1. The average Bonchev–Trinajstić information content (AvgIpc) is 3.23. The molecule has 9 nitrogen and oxygen atoms in total. The van der Waals surface area contributed by atoms with Crippen LogP contribution in [0.4, 0.5) is 0 Å². The predicted molar refractivity (Wildman–Crippen MR) is 261 cm³/mol. The van der Waals surface area contributed by atoms with Crippen molar-refractivity contribution in [2.75, 3.05) is 47.5 Å². The number of nitrogens with zero attached hydrogens (tertiary/aromatic N) is 1. The third-order valence-electron chi connectivity index (χ3n) is 10.2. The van der Waals surface area contributed by atoms with Gasteiger partial charge in [0.1, 0.15) is 19.8 Å². The van der Waals surface area contributed by atoms with Crippen LogP contribution in [-0.4, -0.2) is 74.9 Å². The van der Waals surface area contributed by atoms with Gasteiger partial charge in [-0.1, -0.05) is 170 Å². The quantitative estimate of drug-likeness (QED) is 0.0212. The normalized spacial score (nSPS) is 14.1. The zero-order valence-electron chi connectivity index (χ0n) is 40.3. The molecule has 0 aromatic heterocycles. The Hall–Kier alpha value is -2.55. The number of hydrogen-bond acceptors (Lipinski definition) is 7.